The van der Waals surface area contributed by atoms with Gasteiger partial charge in [-0.15, -0.1) is 0 Å². The van der Waals surface area contributed by atoms with Crippen LogP contribution in [0.25, 0.3) is 0 Å². The molecule has 0 atom stereocenters. The first-order valence-corrected chi connectivity index (χ1v) is 5.81. The molecule has 0 aromatic heterocycles. The highest BCUT2D eigenvalue weighted by atomic mass is 16.5. The molecular weight excluding hydrogens is 244 g/mol. The molecule has 0 aliphatic carbocycles. The second kappa shape index (κ2) is 8.72. The Kier molecular flexibility index (Phi) is 6.76. The fourth-order valence-corrected chi connectivity index (χ4v) is 1.26. The van der Waals surface area contributed by atoms with Crippen molar-refractivity contribution in [1.29, 1.82) is 0 Å². The third-order valence-corrected chi connectivity index (χ3v) is 2.12. The van der Waals surface area contributed by atoms with Gasteiger partial charge in [0.15, 0.2) is 0 Å². The Labute approximate surface area is 111 Å². The predicted octanol–water partition coefficient (Wildman–Crippen LogP) is 2.44. The van der Waals surface area contributed by atoms with Gasteiger partial charge in [-0.25, -0.2) is 4.79 Å². The number of benzene rings is 2. The summed E-state index contributed by atoms with van der Waals surface area (Å²) < 4.78 is 5.11. The summed E-state index contributed by atoms with van der Waals surface area (Å²) in [5.41, 5.74) is 0.331. The Balaban J connectivity index is 0.000000191. The van der Waals surface area contributed by atoms with E-state index in [1.165, 1.54) is 0 Å². The second-order valence-electron chi connectivity index (χ2n) is 3.56. The van der Waals surface area contributed by atoms with Gasteiger partial charge in [0.05, 0.1) is 12.2 Å². The third kappa shape index (κ3) is 6.24. The summed E-state index contributed by atoms with van der Waals surface area (Å²) >= 11 is 0. The maximum atomic E-state index is 10.2. The third-order valence-electron chi connectivity index (χ3n) is 2.12. The average molecular weight is 260 g/mol. The highest BCUT2D eigenvalue weighted by Gasteiger charge is 1.96. The van der Waals surface area contributed by atoms with Crippen LogP contribution in [0.3, 0.4) is 0 Å². The van der Waals surface area contributed by atoms with Crippen molar-refractivity contribution in [2.24, 2.45) is 0 Å². The molecule has 19 heavy (non-hydrogen) atoms. The number of ether oxygens (including phenoxy) is 1. The molecule has 0 aliphatic rings. The maximum Gasteiger partial charge on any atom is 0.335 e. The molecule has 4 heteroatoms. The van der Waals surface area contributed by atoms with Crippen LogP contribution >= 0.6 is 0 Å². The summed E-state index contributed by atoms with van der Waals surface area (Å²) in [5, 5.41) is 16.8. The number of aliphatic hydroxyl groups is 1. The minimum Gasteiger partial charge on any atom is -0.491 e. The minimum atomic E-state index is -0.879. The van der Waals surface area contributed by atoms with Gasteiger partial charge >= 0.3 is 5.97 Å². The van der Waals surface area contributed by atoms with E-state index in [-0.39, 0.29) is 6.61 Å². The molecule has 2 aromatic carbocycles. The number of aliphatic hydroxyl groups excluding tert-OH is 1. The number of carboxylic acid groups (broad SMARTS) is 1. The summed E-state index contributed by atoms with van der Waals surface area (Å²) in [4.78, 5) is 10.2. The lowest BCUT2D eigenvalue weighted by Gasteiger charge is -2.01. The fraction of sp³-hybridized carbons (Fsp3) is 0.133. The molecule has 2 aromatic rings. The van der Waals surface area contributed by atoms with E-state index < -0.39 is 5.97 Å². The van der Waals surface area contributed by atoms with Crippen LogP contribution < -0.4 is 4.74 Å². The summed E-state index contributed by atoms with van der Waals surface area (Å²) in [6.07, 6.45) is 0. The summed E-state index contributed by atoms with van der Waals surface area (Å²) in [6, 6.07) is 17.7. The van der Waals surface area contributed by atoms with E-state index in [1.807, 2.05) is 30.3 Å². The Morgan fingerprint density at radius 2 is 1.47 bits per heavy atom. The molecule has 0 amide bonds. The van der Waals surface area contributed by atoms with Gasteiger partial charge in [0, 0.05) is 0 Å². The van der Waals surface area contributed by atoms with Crippen LogP contribution in [0.1, 0.15) is 10.4 Å². The van der Waals surface area contributed by atoms with Crippen LogP contribution in [0, 0.1) is 0 Å². The number of hydrogen-bond acceptors (Lipinski definition) is 3. The molecule has 0 unspecified atom stereocenters. The van der Waals surface area contributed by atoms with E-state index in [2.05, 4.69) is 0 Å². The molecule has 2 N–H and O–H groups in total. The van der Waals surface area contributed by atoms with Crippen molar-refractivity contribution >= 4 is 5.97 Å². The second-order valence-corrected chi connectivity index (χ2v) is 3.56. The normalized spacial score (nSPS) is 9.11. The molecule has 2 rings (SSSR count). The zero-order valence-corrected chi connectivity index (χ0v) is 10.4. The van der Waals surface area contributed by atoms with Crippen LogP contribution in [0.4, 0.5) is 0 Å². The van der Waals surface area contributed by atoms with E-state index >= 15 is 0 Å². The number of aromatic carboxylic acids is 1. The van der Waals surface area contributed by atoms with E-state index in [1.54, 1.807) is 30.3 Å². The first kappa shape index (κ1) is 14.7. The van der Waals surface area contributed by atoms with Crippen LogP contribution in [0.5, 0.6) is 5.75 Å². The molecule has 0 aliphatic heterocycles. The fourth-order valence-electron chi connectivity index (χ4n) is 1.26. The van der Waals surface area contributed by atoms with Gasteiger partial charge in [0.1, 0.15) is 12.4 Å². The average Bonchev–Trinajstić information content (AvgIpc) is 2.48. The van der Waals surface area contributed by atoms with Gasteiger partial charge < -0.3 is 14.9 Å². The zero-order chi connectivity index (χ0) is 13.9. The van der Waals surface area contributed by atoms with Crippen LogP contribution in [-0.2, 0) is 0 Å². The van der Waals surface area contributed by atoms with Crippen molar-refractivity contribution in [1.82, 2.24) is 0 Å². The van der Waals surface area contributed by atoms with Crippen molar-refractivity contribution in [3.05, 3.63) is 66.2 Å². The van der Waals surface area contributed by atoms with E-state index in [0.29, 0.717) is 12.2 Å². The van der Waals surface area contributed by atoms with E-state index in [4.69, 9.17) is 14.9 Å². The van der Waals surface area contributed by atoms with Crippen molar-refractivity contribution in [2.75, 3.05) is 13.2 Å². The zero-order valence-electron chi connectivity index (χ0n) is 10.4. The first-order valence-electron chi connectivity index (χ1n) is 5.81. The minimum absolute atomic E-state index is 0.0644. The largest absolute Gasteiger partial charge is 0.491 e. The number of hydrogen-bond donors (Lipinski definition) is 2. The highest BCUT2D eigenvalue weighted by Crippen LogP contribution is 2.07. The van der Waals surface area contributed by atoms with Crippen molar-refractivity contribution in [2.45, 2.75) is 0 Å². The van der Waals surface area contributed by atoms with Gasteiger partial charge in [-0.3, -0.25) is 0 Å². The summed E-state index contributed by atoms with van der Waals surface area (Å²) in [6.45, 7) is 0.429. The standard InChI is InChI=1S/C8H10O2.C7H6O2/c9-6-7-10-8-4-2-1-3-5-8;8-7(9)6-4-2-1-3-5-6/h1-5,9H,6-7H2;1-5H,(H,8,9). The Hall–Kier alpha value is -2.33. The number of para-hydroxylation sites is 1. The summed E-state index contributed by atoms with van der Waals surface area (Å²) in [7, 11) is 0. The Morgan fingerprint density at radius 1 is 0.947 bits per heavy atom. The molecule has 0 saturated carbocycles. The van der Waals surface area contributed by atoms with Gasteiger partial charge in [0.2, 0.25) is 0 Å². The molecule has 0 saturated heterocycles. The SMILES string of the molecule is O=C(O)c1ccccc1.OCCOc1ccccc1. The van der Waals surface area contributed by atoms with Crippen molar-refractivity contribution < 1.29 is 19.7 Å². The lowest BCUT2D eigenvalue weighted by atomic mass is 10.2. The molecular formula is C15H16O4. The monoisotopic (exact) mass is 260 g/mol. The molecule has 100 valence electrons. The van der Waals surface area contributed by atoms with Crippen molar-refractivity contribution in [3.63, 3.8) is 0 Å². The lowest BCUT2D eigenvalue weighted by Crippen LogP contribution is -2.00. The van der Waals surface area contributed by atoms with E-state index in [0.717, 1.165) is 5.75 Å². The number of carbonyl (C=O) groups is 1. The van der Waals surface area contributed by atoms with Gasteiger partial charge in [-0.2, -0.15) is 0 Å². The summed E-state index contributed by atoms with van der Waals surface area (Å²) in [5.74, 6) is -0.0767. The molecule has 0 bridgehead atoms. The molecule has 0 radical (unpaired) electrons. The van der Waals surface area contributed by atoms with Crippen LogP contribution in [0.2, 0.25) is 0 Å². The van der Waals surface area contributed by atoms with Crippen LogP contribution in [0.15, 0.2) is 60.7 Å². The molecule has 0 heterocycles. The smallest absolute Gasteiger partial charge is 0.335 e. The first-order chi connectivity index (χ1) is 9.24. The van der Waals surface area contributed by atoms with Crippen molar-refractivity contribution in [3.8, 4) is 5.75 Å². The van der Waals surface area contributed by atoms with Gasteiger partial charge in [0.25, 0.3) is 0 Å². The van der Waals surface area contributed by atoms with Gasteiger partial charge in [-0.05, 0) is 24.3 Å². The Bertz CT molecular complexity index is 468. The number of rotatable bonds is 4. The van der Waals surface area contributed by atoms with Crippen LogP contribution in [-0.4, -0.2) is 29.4 Å². The quantitative estimate of drug-likeness (QED) is 0.886. The highest BCUT2D eigenvalue weighted by molar-refractivity contribution is 5.87. The molecule has 4 nitrogen and oxygen atoms in total. The maximum absolute atomic E-state index is 10.2. The predicted molar refractivity (Wildman–Crippen MR) is 72.4 cm³/mol. The number of carboxylic acids is 1. The van der Waals surface area contributed by atoms with E-state index in [9.17, 15) is 4.79 Å². The lowest BCUT2D eigenvalue weighted by molar-refractivity contribution is 0.0697. The molecule has 0 spiro atoms. The van der Waals surface area contributed by atoms with Gasteiger partial charge in [-0.1, -0.05) is 36.4 Å². The topological polar surface area (TPSA) is 66.8 Å². The molecule has 0 fully saturated rings. The Morgan fingerprint density at radius 3 is 1.89 bits per heavy atom.